The molecule has 1 atom stereocenters. The van der Waals surface area contributed by atoms with Crippen molar-refractivity contribution in [2.24, 2.45) is 0 Å². The summed E-state index contributed by atoms with van der Waals surface area (Å²) in [6, 6.07) is 14.5. The topological polar surface area (TPSA) is 87.9 Å². The van der Waals surface area contributed by atoms with Crippen LogP contribution >= 0.6 is 0 Å². The van der Waals surface area contributed by atoms with Gasteiger partial charge in [0.2, 0.25) is 0 Å². The van der Waals surface area contributed by atoms with Gasteiger partial charge in [0, 0.05) is 38.9 Å². The van der Waals surface area contributed by atoms with E-state index in [1.807, 2.05) is 24.3 Å². The Balaban J connectivity index is 1.38. The molecule has 2 heterocycles. The van der Waals surface area contributed by atoms with E-state index in [4.69, 9.17) is 9.15 Å². The van der Waals surface area contributed by atoms with Crippen LogP contribution in [0, 0.1) is 0 Å². The summed E-state index contributed by atoms with van der Waals surface area (Å²) in [6.45, 7) is 1.17. The number of nitrogens with zero attached hydrogens (tertiary/aromatic N) is 3. The number of para-hydroxylation sites is 2. The molecule has 2 aromatic carbocycles. The number of anilines is 1. The van der Waals surface area contributed by atoms with Crippen molar-refractivity contribution in [3.8, 4) is 5.75 Å². The lowest BCUT2D eigenvalue weighted by molar-refractivity contribution is -0.130. The van der Waals surface area contributed by atoms with Crippen molar-refractivity contribution < 1.29 is 18.7 Å². The third kappa shape index (κ3) is 4.96. The van der Waals surface area contributed by atoms with E-state index >= 15 is 0 Å². The number of nitrogens with one attached hydrogen (secondary N) is 1. The number of carbonyl (C=O) groups excluding carboxylic acids is 2. The quantitative estimate of drug-likeness (QED) is 0.677. The van der Waals surface area contributed by atoms with E-state index in [0.717, 1.165) is 23.9 Å². The summed E-state index contributed by atoms with van der Waals surface area (Å²) < 4.78 is 11.4. The second-order valence-electron chi connectivity index (χ2n) is 7.84. The third-order valence-corrected chi connectivity index (χ3v) is 5.31. The van der Waals surface area contributed by atoms with Crippen molar-refractivity contribution in [1.29, 1.82) is 0 Å². The first-order valence-electron chi connectivity index (χ1n) is 10.3. The minimum Gasteiger partial charge on any atom is -0.484 e. The zero-order valence-electron chi connectivity index (χ0n) is 17.7. The minimum absolute atomic E-state index is 0.0529. The molecule has 3 amide bonds. The van der Waals surface area contributed by atoms with Gasteiger partial charge in [0.05, 0.1) is 5.92 Å². The number of hydrogen-bond donors (Lipinski definition) is 1. The van der Waals surface area contributed by atoms with Crippen LogP contribution in [-0.2, 0) is 4.79 Å². The summed E-state index contributed by atoms with van der Waals surface area (Å²) in [6.07, 6.45) is 1.81. The largest absolute Gasteiger partial charge is 0.484 e. The first-order chi connectivity index (χ1) is 15.0. The molecule has 0 radical (unpaired) electrons. The number of piperidine rings is 1. The molecule has 0 spiro atoms. The standard InChI is InChI=1S/C23H26N4O4/c1-26(2)21(28)15-30-18-9-5-8-17(13-18)24-23(29)27-12-6-7-16(14-27)22-25-19-10-3-4-11-20(19)31-22/h3-5,8-11,13,16H,6-7,12,14-15H2,1-2H3,(H,24,29). The third-order valence-electron chi connectivity index (χ3n) is 5.31. The van der Waals surface area contributed by atoms with E-state index in [9.17, 15) is 9.59 Å². The van der Waals surface area contributed by atoms with Gasteiger partial charge < -0.3 is 24.3 Å². The molecule has 8 heteroatoms. The molecule has 1 aromatic heterocycles. The molecule has 1 N–H and O–H groups in total. The molecule has 3 aromatic rings. The number of aromatic nitrogens is 1. The number of oxazole rings is 1. The fourth-order valence-electron chi connectivity index (χ4n) is 3.57. The number of ether oxygens (including phenoxy) is 1. The molecule has 1 unspecified atom stereocenters. The molecule has 162 valence electrons. The van der Waals surface area contributed by atoms with Crippen molar-refractivity contribution in [2.75, 3.05) is 39.1 Å². The molecule has 1 saturated heterocycles. The number of amides is 3. The maximum absolute atomic E-state index is 12.8. The van der Waals surface area contributed by atoms with E-state index in [-0.39, 0.29) is 24.5 Å². The first kappa shape index (κ1) is 20.7. The van der Waals surface area contributed by atoms with E-state index in [1.165, 1.54) is 4.90 Å². The Morgan fingerprint density at radius 1 is 1.23 bits per heavy atom. The van der Waals surface area contributed by atoms with Gasteiger partial charge in [0.1, 0.15) is 11.3 Å². The molecule has 8 nitrogen and oxygen atoms in total. The molecule has 1 aliphatic rings. The Morgan fingerprint density at radius 3 is 2.87 bits per heavy atom. The smallest absolute Gasteiger partial charge is 0.321 e. The van der Waals surface area contributed by atoms with Gasteiger partial charge in [-0.2, -0.15) is 0 Å². The van der Waals surface area contributed by atoms with Crippen LogP contribution in [0.25, 0.3) is 11.1 Å². The lowest BCUT2D eigenvalue weighted by Gasteiger charge is -2.31. The summed E-state index contributed by atoms with van der Waals surface area (Å²) in [4.78, 5) is 32.4. The second-order valence-corrected chi connectivity index (χ2v) is 7.84. The summed E-state index contributed by atoms with van der Waals surface area (Å²) in [5, 5.41) is 2.92. The number of likely N-dealkylation sites (tertiary alicyclic amines) is 1. The monoisotopic (exact) mass is 422 g/mol. The lowest BCUT2D eigenvalue weighted by atomic mass is 9.98. The van der Waals surface area contributed by atoms with Gasteiger partial charge in [-0.05, 0) is 37.1 Å². The number of likely N-dealkylation sites (N-methyl/N-ethyl adjacent to an activating group) is 1. The van der Waals surface area contributed by atoms with Crippen LogP contribution in [-0.4, -0.2) is 60.5 Å². The highest BCUT2D eigenvalue weighted by Crippen LogP contribution is 2.29. The van der Waals surface area contributed by atoms with Crippen LogP contribution in [0.15, 0.2) is 52.9 Å². The van der Waals surface area contributed by atoms with E-state index in [0.29, 0.717) is 30.4 Å². The average molecular weight is 422 g/mol. The van der Waals surface area contributed by atoms with Crippen LogP contribution in [0.5, 0.6) is 5.75 Å². The molecule has 4 rings (SSSR count). The van der Waals surface area contributed by atoms with Gasteiger partial charge in [-0.1, -0.05) is 18.2 Å². The second kappa shape index (κ2) is 9.07. The maximum Gasteiger partial charge on any atom is 0.321 e. The highest BCUT2D eigenvalue weighted by molar-refractivity contribution is 5.89. The predicted molar refractivity (Wildman–Crippen MR) is 117 cm³/mol. The highest BCUT2D eigenvalue weighted by atomic mass is 16.5. The summed E-state index contributed by atoms with van der Waals surface area (Å²) in [5.74, 6) is 1.14. The number of carbonyl (C=O) groups is 2. The Bertz CT molecular complexity index is 1050. The van der Waals surface area contributed by atoms with Gasteiger partial charge in [-0.15, -0.1) is 0 Å². The summed E-state index contributed by atoms with van der Waals surface area (Å²) >= 11 is 0. The molecular weight excluding hydrogens is 396 g/mol. The number of rotatable bonds is 5. The van der Waals surface area contributed by atoms with Crippen LogP contribution in [0.2, 0.25) is 0 Å². The molecular formula is C23H26N4O4. The Hall–Kier alpha value is -3.55. The van der Waals surface area contributed by atoms with Crippen molar-refractivity contribution in [3.05, 3.63) is 54.4 Å². The Morgan fingerprint density at radius 2 is 2.06 bits per heavy atom. The van der Waals surface area contributed by atoms with Crippen molar-refractivity contribution in [3.63, 3.8) is 0 Å². The van der Waals surface area contributed by atoms with Gasteiger partial charge in [-0.25, -0.2) is 9.78 Å². The van der Waals surface area contributed by atoms with Gasteiger partial charge in [0.25, 0.3) is 5.91 Å². The average Bonchev–Trinajstić information content (AvgIpc) is 3.22. The fourth-order valence-corrected chi connectivity index (χ4v) is 3.57. The Labute approximate surface area is 180 Å². The minimum atomic E-state index is -0.178. The van der Waals surface area contributed by atoms with Crippen molar-refractivity contribution in [1.82, 2.24) is 14.8 Å². The van der Waals surface area contributed by atoms with Gasteiger partial charge in [-0.3, -0.25) is 4.79 Å². The maximum atomic E-state index is 12.8. The first-order valence-corrected chi connectivity index (χ1v) is 10.3. The zero-order valence-corrected chi connectivity index (χ0v) is 17.7. The van der Waals surface area contributed by atoms with E-state index < -0.39 is 0 Å². The fraction of sp³-hybridized carbons (Fsp3) is 0.348. The summed E-state index contributed by atoms with van der Waals surface area (Å²) in [5.41, 5.74) is 2.22. The van der Waals surface area contributed by atoms with Gasteiger partial charge >= 0.3 is 6.03 Å². The van der Waals surface area contributed by atoms with E-state index in [2.05, 4.69) is 10.3 Å². The van der Waals surface area contributed by atoms with Crippen molar-refractivity contribution in [2.45, 2.75) is 18.8 Å². The molecule has 0 bridgehead atoms. The number of hydrogen-bond acceptors (Lipinski definition) is 5. The normalized spacial score (nSPS) is 16.2. The number of urea groups is 1. The highest BCUT2D eigenvalue weighted by Gasteiger charge is 2.28. The van der Waals surface area contributed by atoms with E-state index in [1.54, 1.807) is 43.3 Å². The lowest BCUT2D eigenvalue weighted by Crippen LogP contribution is -2.41. The van der Waals surface area contributed by atoms with Crippen molar-refractivity contribution >= 4 is 28.7 Å². The van der Waals surface area contributed by atoms with Crippen LogP contribution in [0.3, 0.4) is 0 Å². The zero-order chi connectivity index (χ0) is 21.8. The predicted octanol–water partition coefficient (Wildman–Crippen LogP) is 3.71. The SMILES string of the molecule is CN(C)C(=O)COc1cccc(NC(=O)N2CCCC(c3nc4ccccc4o3)C2)c1. The molecule has 0 aliphatic carbocycles. The molecule has 1 aliphatic heterocycles. The van der Waals surface area contributed by atoms with Crippen LogP contribution < -0.4 is 10.1 Å². The number of fused-ring (bicyclic) bond motifs is 1. The van der Waals surface area contributed by atoms with Crippen LogP contribution in [0.4, 0.5) is 10.5 Å². The molecule has 1 fully saturated rings. The van der Waals surface area contributed by atoms with Crippen LogP contribution in [0.1, 0.15) is 24.7 Å². The number of benzene rings is 2. The van der Waals surface area contributed by atoms with Gasteiger partial charge in [0.15, 0.2) is 18.1 Å². The molecule has 31 heavy (non-hydrogen) atoms. The summed E-state index contributed by atoms with van der Waals surface area (Å²) in [7, 11) is 3.35. The Kier molecular flexibility index (Phi) is 6.06. The molecule has 0 saturated carbocycles.